The van der Waals surface area contributed by atoms with Crippen molar-refractivity contribution >= 4 is 18.1 Å². The molecule has 120 valence electrons. The summed E-state index contributed by atoms with van der Waals surface area (Å²) in [6, 6.07) is 0.319. The molecule has 1 rings (SSSR count). The van der Waals surface area contributed by atoms with Crippen LogP contribution in [-0.2, 0) is 4.84 Å². The van der Waals surface area contributed by atoms with Crippen molar-refractivity contribution < 1.29 is 4.84 Å². The van der Waals surface area contributed by atoms with Gasteiger partial charge in [-0.3, -0.25) is 4.99 Å². The lowest BCUT2D eigenvalue weighted by Crippen LogP contribution is -2.07. The van der Waals surface area contributed by atoms with Crippen molar-refractivity contribution in [1.29, 1.82) is 0 Å². The summed E-state index contributed by atoms with van der Waals surface area (Å²) < 4.78 is 0. The summed E-state index contributed by atoms with van der Waals surface area (Å²) in [5, 5.41) is 3.26. The Bertz CT molecular complexity index is 549. The number of hydrogen-bond acceptors (Lipinski definition) is 6. The predicted octanol–water partition coefficient (Wildman–Crippen LogP) is 2.74. The number of nitrogens with zero attached hydrogens (tertiary/aromatic N) is 3. The molecule has 6 heteroatoms. The molecule has 0 unspecified atom stereocenters. The molecule has 0 radical (unpaired) electrons. The van der Waals surface area contributed by atoms with Crippen molar-refractivity contribution in [3.05, 3.63) is 35.5 Å². The Balaban J connectivity index is 2.67. The second kappa shape index (κ2) is 9.68. The number of anilines is 1. The van der Waals surface area contributed by atoms with E-state index in [4.69, 9.17) is 4.84 Å². The molecule has 1 aromatic heterocycles. The molecule has 0 spiro atoms. The molecular weight excluding hydrogens is 278 g/mol. The number of hydrogen-bond donors (Lipinski definition) is 2. The first-order valence-electron chi connectivity index (χ1n) is 7.30. The summed E-state index contributed by atoms with van der Waals surface area (Å²) in [5.41, 5.74) is 4.44. The summed E-state index contributed by atoms with van der Waals surface area (Å²) in [4.78, 5) is 18.0. The maximum Gasteiger partial charge on any atom is 0.133 e. The van der Waals surface area contributed by atoms with Crippen LogP contribution in [0.2, 0.25) is 0 Å². The molecular formula is C16H25N5O. The lowest BCUT2D eigenvalue weighted by Gasteiger charge is -2.09. The number of rotatable bonds is 8. The quantitative estimate of drug-likeness (QED) is 0.439. The minimum Gasteiger partial charge on any atom is -0.414 e. The van der Waals surface area contributed by atoms with Crippen molar-refractivity contribution in [2.24, 2.45) is 4.99 Å². The number of hydroxylamine groups is 1. The lowest BCUT2D eigenvalue weighted by atomic mass is 10.2. The van der Waals surface area contributed by atoms with Gasteiger partial charge in [-0.25, -0.2) is 9.97 Å². The van der Waals surface area contributed by atoms with Gasteiger partial charge in [0.15, 0.2) is 0 Å². The molecule has 22 heavy (non-hydrogen) atoms. The van der Waals surface area contributed by atoms with Crippen LogP contribution in [0, 0.1) is 6.92 Å². The maximum absolute atomic E-state index is 5.19. The smallest absolute Gasteiger partial charge is 0.133 e. The third-order valence-electron chi connectivity index (χ3n) is 2.72. The zero-order valence-electron chi connectivity index (χ0n) is 13.9. The topological polar surface area (TPSA) is 71.4 Å². The third kappa shape index (κ3) is 6.49. The van der Waals surface area contributed by atoms with Crippen molar-refractivity contribution in [3.63, 3.8) is 0 Å². The predicted molar refractivity (Wildman–Crippen MR) is 91.8 cm³/mol. The monoisotopic (exact) mass is 303 g/mol. The average molecular weight is 303 g/mol. The molecule has 2 N–H and O–H groups in total. The minimum atomic E-state index is 0.319. The van der Waals surface area contributed by atoms with Crippen LogP contribution >= 0.6 is 0 Å². The van der Waals surface area contributed by atoms with Crippen molar-refractivity contribution in [3.8, 4) is 0 Å². The zero-order chi connectivity index (χ0) is 16.4. The van der Waals surface area contributed by atoms with Gasteiger partial charge in [-0.05, 0) is 33.8 Å². The van der Waals surface area contributed by atoms with E-state index in [1.807, 2.05) is 52.1 Å². The summed E-state index contributed by atoms with van der Waals surface area (Å²) >= 11 is 0. The number of aliphatic imine (C=N–C) groups is 1. The van der Waals surface area contributed by atoms with Crippen LogP contribution < -0.4 is 10.8 Å². The Labute approximate surface area is 132 Å². The third-order valence-corrected chi connectivity index (χ3v) is 2.72. The largest absolute Gasteiger partial charge is 0.414 e. The number of aromatic nitrogens is 2. The molecule has 0 atom stereocenters. The molecule has 0 aromatic carbocycles. The van der Waals surface area contributed by atoms with Crippen LogP contribution in [0.3, 0.4) is 0 Å². The SMILES string of the molecule is CNO/C(C)=C/c1ncnc(NC/C=C\C=NC(C)C)c1C. The lowest BCUT2D eigenvalue weighted by molar-refractivity contribution is 0.131. The highest BCUT2D eigenvalue weighted by Crippen LogP contribution is 2.16. The fourth-order valence-corrected chi connectivity index (χ4v) is 1.68. The van der Waals surface area contributed by atoms with E-state index in [2.05, 4.69) is 25.8 Å². The van der Waals surface area contributed by atoms with Gasteiger partial charge in [0.1, 0.15) is 17.9 Å². The molecule has 0 saturated heterocycles. The van der Waals surface area contributed by atoms with Gasteiger partial charge in [0.2, 0.25) is 0 Å². The van der Waals surface area contributed by atoms with E-state index in [0.29, 0.717) is 12.6 Å². The van der Waals surface area contributed by atoms with Gasteiger partial charge < -0.3 is 10.2 Å². The number of allylic oxidation sites excluding steroid dienone is 2. The van der Waals surface area contributed by atoms with E-state index in [0.717, 1.165) is 22.8 Å². The molecule has 0 saturated carbocycles. The molecule has 0 aliphatic heterocycles. The van der Waals surface area contributed by atoms with Crippen molar-refractivity contribution in [1.82, 2.24) is 15.4 Å². The molecule has 0 fully saturated rings. The first-order chi connectivity index (χ1) is 10.5. The fraction of sp³-hybridized carbons (Fsp3) is 0.438. The van der Waals surface area contributed by atoms with Gasteiger partial charge in [0.25, 0.3) is 0 Å². The molecule has 0 aliphatic rings. The Morgan fingerprint density at radius 2 is 2.18 bits per heavy atom. The van der Waals surface area contributed by atoms with E-state index >= 15 is 0 Å². The van der Waals surface area contributed by atoms with Gasteiger partial charge >= 0.3 is 0 Å². The summed E-state index contributed by atoms with van der Waals surface area (Å²) in [6.07, 6.45) is 9.14. The zero-order valence-corrected chi connectivity index (χ0v) is 13.9. The standard InChI is InChI=1S/C16H25N5O/c1-12(2)18-8-6-7-9-19-16-14(4)15(20-11-21-16)10-13(3)22-17-5/h6-8,10-12,17H,9H2,1-5H3,(H,19,20,21)/b7-6-,13-10+,18-8?. The van der Waals surface area contributed by atoms with Gasteiger partial charge in [-0.15, -0.1) is 0 Å². The van der Waals surface area contributed by atoms with Crippen LogP contribution in [0.5, 0.6) is 0 Å². The molecule has 1 aromatic rings. The fourth-order valence-electron chi connectivity index (χ4n) is 1.68. The second-order valence-electron chi connectivity index (χ2n) is 4.99. The van der Waals surface area contributed by atoms with Crippen LogP contribution in [0.4, 0.5) is 5.82 Å². The van der Waals surface area contributed by atoms with Crippen LogP contribution in [0.25, 0.3) is 6.08 Å². The number of nitrogens with one attached hydrogen (secondary N) is 2. The van der Waals surface area contributed by atoms with Gasteiger partial charge in [-0.1, -0.05) is 6.08 Å². The van der Waals surface area contributed by atoms with E-state index < -0.39 is 0 Å². The van der Waals surface area contributed by atoms with Crippen molar-refractivity contribution in [2.75, 3.05) is 18.9 Å². The normalized spacial score (nSPS) is 12.5. The highest BCUT2D eigenvalue weighted by molar-refractivity contribution is 5.71. The Morgan fingerprint density at radius 1 is 1.41 bits per heavy atom. The van der Waals surface area contributed by atoms with E-state index in [-0.39, 0.29) is 0 Å². The first kappa shape index (κ1) is 17.8. The second-order valence-corrected chi connectivity index (χ2v) is 4.99. The maximum atomic E-state index is 5.19. The van der Waals surface area contributed by atoms with Gasteiger partial charge in [0, 0.05) is 37.5 Å². The van der Waals surface area contributed by atoms with E-state index in [1.165, 1.54) is 6.33 Å². The van der Waals surface area contributed by atoms with Crippen LogP contribution in [0.15, 0.2) is 29.2 Å². The first-order valence-corrected chi connectivity index (χ1v) is 7.30. The average Bonchev–Trinajstić information content (AvgIpc) is 2.46. The molecule has 0 aliphatic carbocycles. The summed E-state index contributed by atoms with van der Waals surface area (Å²) in [6.45, 7) is 8.60. The van der Waals surface area contributed by atoms with Crippen molar-refractivity contribution in [2.45, 2.75) is 33.7 Å². The Kier molecular flexibility index (Phi) is 7.85. The molecule has 6 nitrogen and oxygen atoms in total. The minimum absolute atomic E-state index is 0.319. The van der Waals surface area contributed by atoms with E-state index in [9.17, 15) is 0 Å². The molecule has 1 heterocycles. The molecule has 0 bridgehead atoms. The van der Waals surface area contributed by atoms with Gasteiger partial charge in [-0.2, -0.15) is 5.48 Å². The Hall–Kier alpha value is -2.21. The Morgan fingerprint density at radius 3 is 2.86 bits per heavy atom. The van der Waals surface area contributed by atoms with Crippen LogP contribution in [-0.4, -0.2) is 35.8 Å². The van der Waals surface area contributed by atoms with Crippen LogP contribution in [0.1, 0.15) is 32.0 Å². The highest BCUT2D eigenvalue weighted by atomic mass is 16.6. The van der Waals surface area contributed by atoms with E-state index in [1.54, 1.807) is 7.05 Å². The summed E-state index contributed by atoms with van der Waals surface area (Å²) in [7, 11) is 1.71. The van der Waals surface area contributed by atoms with Gasteiger partial charge in [0.05, 0.1) is 5.69 Å². The summed E-state index contributed by atoms with van der Waals surface area (Å²) in [5.74, 6) is 1.55. The highest BCUT2D eigenvalue weighted by Gasteiger charge is 2.04. The molecule has 0 amide bonds.